The van der Waals surface area contributed by atoms with E-state index in [4.69, 9.17) is 16.3 Å². The van der Waals surface area contributed by atoms with E-state index in [0.29, 0.717) is 5.75 Å². The number of nitro groups is 1. The molecular weight excluding hydrogens is 427 g/mol. The van der Waals surface area contributed by atoms with Crippen LogP contribution in [-0.2, 0) is 6.61 Å². The third-order valence-corrected chi connectivity index (χ3v) is 5.02. The first-order valence-electron chi connectivity index (χ1n) is 8.13. The summed E-state index contributed by atoms with van der Waals surface area (Å²) in [7, 11) is 0. The molecule has 0 saturated carbocycles. The van der Waals surface area contributed by atoms with Crippen molar-refractivity contribution in [1.29, 1.82) is 0 Å². The summed E-state index contributed by atoms with van der Waals surface area (Å²) in [4.78, 5) is 35.4. The number of benzene rings is 2. The number of rotatable bonds is 7. The van der Waals surface area contributed by atoms with Crippen molar-refractivity contribution in [3.63, 3.8) is 0 Å². The van der Waals surface area contributed by atoms with Gasteiger partial charge in [0.25, 0.3) is 11.6 Å². The molecule has 1 heterocycles. The van der Waals surface area contributed by atoms with Crippen LogP contribution in [0.15, 0.2) is 53.9 Å². The van der Waals surface area contributed by atoms with Crippen LogP contribution in [0.1, 0.15) is 27.0 Å². The number of halogens is 1. The zero-order valence-corrected chi connectivity index (χ0v) is 17.2. The molecule has 0 fully saturated rings. The van der Waals surface area contributed by atoms with E-state index in [1.54, 1.807) is 0 Å². The van der Waals surface area contributed by atoms with Crippen LogP contribution in [0, 0.1) is 10.1 Å². The second kappa shape index (κ2) is 10.3. The predicted octanol–water partition coefficient (Wildman–Crippen LogP) is 1.96. The van der Waals surface area contributed by atoms with E-state index in [1.165, 1.54) is 41.7 Å². The fourth-order valence-corrected chi connectivity index (χ4v) is 3.26. The van der Waals surface area contributed by atoms with E-state index in [9.17, 15) is 24.8 Å². The molecule has 0 bridgehead atoms. The van der Waals surface area contributed by atoms with Gasteiger partial charge in [0, 0.05) is 17.0 Å². The molecule has 0 spiro atoms. The number of amides is 1. The number of nitro benzene ring substituents is 1. The molecule has 1 aromatic heterocycles. The standard InChI is InChI=1S/C19H13ClN2O6S.Li.H/c20-16-5-3-11(22(26)27)8-14(16)18(23)21-17-6-4-12(9-15(17)19(24)25)28-10-13-2-1-7-29-13;;/h1-9H,10H2,(H,21,23)(H,24,25);;/q;+1;-1. The number of aromatic carboxylic acids is 1. The molecule has 2 N–H and O–H groups in total. The fourth-order valence-electron chi connectivity index (χ4n) is 2.44. The predicted molar refractivity (Wildman–Crippen MR) is 109 cm³/mol. The van der Waals surface area contributed by atoms with E-state index < -0.39 is 16.8 Å². The Balaban J connectivity index is 0.00000240. The van der Waals surface area contributed by atoms with Crippen LogP contribution < -0.4 is 28.9 Å². The van der Waals surface area contributed by atoms with Crippen molar-refractivity contribution in [2.75, 3.05) is 5.32 Å². The molecule has 1 amide bonds. The van der Waals surface area contributed by atoms with Crippen LogP contribution in [-0.4, -0.2) is 21.9 Å². The quantitative estimate of drug-likeness (QED) is 0.329. The van der Waals surface area contributed by atoms with Gasteiger partial charge in [-0.2, -0.15) is 0 Å². The second-order valence-corrected chi connectivity index (χ2v) is 7.20. The molecule has 0 saturated heterocycles. The number of carboxylic acids is 1. The van der Waals surface area contributed by atoms with Gasteiger partial charge in [-0.05, 0) is 35.7 Å². The maximum atomic E-state index is 12.5. The molecule has 0 aliphatic carbocycles. The van der Waals surface area contributed by atoms with E-state index in [1.807, 2.05) is 17.5 Å². The first-order chi connectivity index (χ1) is 13.8. The molecule has 8 nitrogen and oxygen atoms in total. The minimum atomic E-state index is -1.27. The van der Waals surface area contributed by atoms with E-state index >= 15 is 0 Å². The van der Waals surface area contributed by atoms with E-state index in [2.05, 4.69) is 5.32 Å². The second-order valence-electron chi connectivity index (χ2n) is 5.76. The van der Waals surface area contributed by atoms with Gasteiger partial charge in [0.15, 0.2) is 0 Å². The first-order valence-corrected chi connectivity index (χ1v) is 9.38. The van der Waals surface area contributed by atoms with Gasteiger partial charge in [0.1, 0.15) is 12.4 Å². The summed E-state index contributed by atoms with van der Waals surface area (Å²) in [5.41, 5.74) is -0.636. The topological polar surface area (TPSA) is 119 Å². The van der Waals surface area contributed by atoms with Crippen molar-refractivity contribution < 1.29 is 44.6 Å². The summed E-state index contributed by atoms with van der Waals surface area (Å²) < 4.78 is 5.59. The third-order valence-electron chi connectivity index (χ3n) is 3.84. The van der Waals surface area contributed by atoms with Crippen molar-refractivity contribution in [3.8, 4) is 5.75 Å². The summed E-state index contributed by atoms with van der Waals surface area (Å²) in [6.45, 7) is 0.283. The molecule has 11 heteroatoms. The Hall–Kier alpha value is -2.83. The fraction of sp³-hybridized carbons (Fsp3) is 0.0526. The third kappa shape index (κ3) is 5.61. The van der Waals surface area contributed by atoms with Gasteiger partial charge in [-0.25, -0.2) is 4.79 Å². The number of nitrogens with one attached hydrogen (secondary N) is 1. The molecule has 3 rings (SSSR count). The minimum absolute atomic E-state index is 0. The molecule has 2 aromatic carbocycles. The molecule has 0 radical (unpaired) electrons. The summed E-state index contributed by atoms with van der Waals surface area (Å²) in [5, 5.41) is 24.7. The van der Waals surface area contributed by atoms with Crippen molar-refractivity contribution in [2.24, 2.45) is 0 Å². The first kappa shape index (κ1) is 23.4. The van der Waals surface area contributed by atoms with Gasteiger partial charge >= 0.3 is 24.8 Å². The number of anilines is 1. The Kier molecular flexibility index (Phi) is 8.03. The SMILES string of the molecule is O=C(Nc1ccc(OCc2cccs2)cc1C(=O)O)c1cc([N+](=O)[O-])ccc1Cl.[H-].[Li+]. The van der Waals surface area contributed by atoms with Crippen LogP contribution >= 0.6 is 22.9 Å². The number of ether oxygens (including phenoxy) is 1. The molecule has 30 heavy (non-hydrogen) atoms. The average molecular weight is 441 g/mol. The van der Waals surface area contributed by atoms with Crippen LogP contribution in [0.25, 0.3) is 0 Å². The van der Waals surface area contributed by atoms with Gasteiger partial charge < -0.3 is 16.6 Å². The number of carbonyl (C=O) groups is 2. The number of carbonyl (C=O) groups excluding carboxylic acids is 1. The molecule has 3 aromatic rings. The van der Waals surface area contributed by atoms with Crippen molar-refractivity contribution in [1.82, 2.24) is 0 Å². The Morgan fingerprint density at radius 3 is 2.60 bits per heavy atom. The molecular formula is C19H14ClLiN2O6S. The number of thiophene rings is 1. The maximum Gasteiger partial charge on any atom is 1.00 e. The van der Waals surface area contributed by atoms with Crippen LogP contribution in [0.5, 0.6) is 5.75 Å². The van der Waals surface area contributed by atoms with Gasteiger partial charge in [-0.1, -0.05) is 17.7 Å². The smallest absolute Gasteiger partial charge is 1.00 e. The summed E-state index contributed by atoms with van der Waals surface area (Å²) in [6, 6.07) is 11.4. The number of carboxylic acid groups (broad SMARTS) is 1. The number of hydrogen-bond acceptors (Lipinski definition) is 6. The van der Waals surface area contributed by atoms with Gasteiger partial charge in [0.05, 0.1) is 26.8 Å². The van der Waals surface area contributed by atoms with E-state index in [0.717, 1.165) is 10.9 Å². The largest absolute Gasteiger partial charge is 1.00 e. The Morgan fingerprint density at radius 1 is 1.20 bits per heavy atom. The zero-order valence-electron chi connectivity index (χ0n) is 16.6. The Morgan fingerprint density at radius 2 is 1.97 bits per heavy atom. The van der Waals surface area contributed by atoms with Crippen LogP contribution in [0.4, 0.5) is 11.4 Å². The zero-order chi connectivity index (χ0) is 21.0. The molecule has 150 valence electrons. The monoisotopic (exact) mass is 440 g/mol. The summed E-state index contributed by atoms with van der Waals surface area (Å²) in [5.74, 6) is -1.72. The molecule has 0 aliphatic heterocycles. The van der Waals surface area contributed by atoms with E-state index in [-0.39, 0.29) is 54.4 Å². The van der Waals surface area contributed by atoms with Gasteiger partial charge in [-0.15, -0.1) is 11.3 Å². The molecule has 0 atom stereocenters. The molecule has 0 aliphatic rings. The van der Waals surface area contributed by atoms with Crippen molar-refractivity contribution >= 4 is 46.2 Å². The number of non-ortho nitro benzene ring substituents is 1. The van der Waals surface area contributed by atoms with Crippen molar-refractivity contribution in [2.45, 2.75) is 6.61 Å². The maximum absolute atomic E-state index is 12.5. The number of hydrogen-bond donors (Lipinski definition) is 2. The Bertz CT molecular complexity index is 1100. The Labute approximate surface area is 193 Å². The minimum Gasteiger partial charge on any atom is -1.00 e. The normalized spacial score (nSPS) is 10.0. The van der Waals surface area contributed by atoms with Crippen LogP contribution in [0.2, 0.25) is 5.02 Å². The number of nitrogens with zero attached hydrogens (tertiary/aromatic N) is 1. The molecule has 0 unspecified atom stereocenters. The average Bonchev–Trinajstić information content (AvgIpc) is 3.20. The summed E-state index contributed by atoms with van der Waals surface area (Å²) in [6.07, 6.45) is 0. The van der Waals surface area contributed by atoms with Crippen LogP contribution in [0.3, 0.4) is 0 Å². The summed E-state index contributed by atoms with van der Waals surface area (Å²) >= 11 is 7.47. The van der Waals surface area contributed by atoms with Gasteiger partial charge in [-0.3, -0.25) is 14.9 Å². The van der Waals surface area contributed by atoms with Crippen molar-refractivity contribution in [3.05, 3.63) is 85.1 Å². The van der Waals surface area contributed by atoms with Gasteiger partial charge in [0.2, 0.25) is 0 Å².